The van der Waals surface area contributed by atoms with E-state index in [0.29, 0.717) is 22.8 Å². The van der Waals surface area contributed by atoms with Crippen LogP contribution in [-0.4, -0.2) is 27.1 Å². The van der Waals surface area contributed by atoms with Crippen LogP contribution in [0.3, 0.4) is 0 Å². The molecule has 0 aliphatic rings. The van der Waals surface area contributed by atoms with Gasteiger partial charge < -0.3 is 14.2 Å². The van der Waals surface area contributed by atoms with Crippen molar-refractivity contribution < 1.29 is 32.2 Å². The maximum atomic E-state index is 13.0. The molecule has 2 aromatic rings. The van der Waals surface area contributed by atoms with Crippen LogP contribution in [0.5, 0.6) is 17.2 Å². The van der Waals surface area contributed by atoms with Crippen molar-refractivity contribution in [3.05, 3.63) is 59.2 Å². The highest BCUT2D eigenvalue weighted by Gasteiger charge is 2.34. The molecule has 0 amide bonds. The molecule has 4 nitrogen and oxygen atoms in total. The van der Waals surface area contributed by atoms with Crippen LogP contribution in [-0.2, 0) is 6.18 Å². The first-order valence-corrected chi connectivity index (χ1v) is 7.50. The molecule has 0 saturated carbocycles. The second-order valence-corrected chi connectivity index (χ2v) is 5.19. The normalized spacial score (nSPS) is 11.5. The fraction of sp³-hybridized carbons (Fsp3) is 0.211. The summed E-state index contributed by atoms with van der Waals surface area (Å²) < 4.78 is 54.7. The quantitative estimate of drug-likeness (QED) is 0.552. The zero-order valence-electron chi connectivity index (χ0n) is 14.4. The van der Waals surface area contributed by atoms with Gasteiger partial charge in [0.15, 0.2) is 17.3 Å². The van der Waals surface area contributed by atoms with Crippen molar-refractivity contribution in [2.45, 2.75) is 6.18 Å². The Balaban J connectivity index is 2.40. The standard InChI is InChI=1S/C19H17F3O4/c1-24-16-11-18(26-3)17(25-2)10-12(16)8-9-15(23)13-6-4-5-7-14(13)19(20,21)22/h4-11H,1-3H3/b9-8+. The molecule has 0 aliphatic heterocycles. The van der Waals surface area contributed by atoms with Gasteiger partial charge in [0.05, 0.1) is 26.9 Å². The van der Waals surface area contributed by atoms with E-state index in [1.165, 1.54) is 39.5 Å². The molecule has 0 aromatic heterocycles. The topological polar surface area (TPSA) is 44.8 Å². The van der Waals surface area contributed by atoms with E-state index in [0.717, 1.165) is 18.2 Å². The van der Waals surface area contributed by atoms with Gasteiger partial charge in [0, 0.05) is 17.2 Å². The van der Waals surface area contributed by atoms with Crippen molar-refractivity contribution in [2.24, 2.45) is 0 Å². The Labute approximate surface area is 148 Å². The maximum absolute atomic E-state index is 13.0. The second kappa shape index (κ2) is 7.95. The van der Waals surface area contributed by atoms with Crippen LogP contribution in [0.1, 0.15) is 21.5 Å². The van der Waals surface area contributed by atoms with Gasteiger partial charge in [0.25, 0.3) is 0 Å². The Bertz CT molecular complexity index is 826. The summed E-state index contributed by atoms with van der Waals surface area (Å²) in [4.78, 5) is 12.3. The Kier molecular flexibility index (Phi) is 5.92. The number of hydrogen-bond donors (Lipinski definition) is 0. The van der Waals surface area contributed by atoms with Crippen LogP contribution in [0, 0.1) is 0 Å². The zero-order valence-corrected chi connectivity index (χ0v) is 14.4. The van der Waals surface area contributed by atoms with Crippen molar-refractivity contribution in [3.8, 4) is 17.2 Å². The summed E-state index contributed by atoms with van der Waals surface area (Å²) >= 11 is 0. The van der Waals surface area contributed by atoms with Crippen molar-refractivity contribution in [3.63, 3.8) is 0 Å². The number of halogens is 3. The van der Waals surface area contributed by atoms with Gasteiger partial charge in [-0.2, -0.15) is 13.2 Å². The molecule has 0 aliphatic carbocycles. The van der Waals surface area contributed by atoms with Crippen LogP contribution in [0.25, 0.3) is 6.08 Å². The highest BCUT2D eigenvalue weighted by Crippen LogP contribution is 2.36. The number of rotatable bonds is 6. The fourth-order valence-corrected chi connectivity index (χ4v) is 2.38. The molecule has 0 fully saturated rings. The summed E-state index contributed by atoms with van der Waals surface area (Å²) in [5, 5.41) is 0. The summed E-state index contributed by atoms with van der Waals surface area (Å²) in [5.41, 5.74) is -0.937. The van der Waals surface area contributed by atoms with E-state index in [9.17, 15) is 18.0 Å². The molecule has 0 saturated heterocycles. The minimum atomic E-state index is -4.61. The number of carbonyl (C=O) groups excluding carboxylic acids is 1. The molecule has 0 bridgehead atoms. The summed E-state index contributed by atoms with van der Waals surface area (Å²) in [6.07, 6.45) is -2.17. The lowest BCUT2D eigenvalue weighted by molar-refractivity contribution is -0.137. The molecule has 0 atom stereocenters. The lowest BCUT2D eigenvalue weighted by atomic mass is 10.0. The molecule has 0 N–H and O–H groups in total. The van der Waals surface area contributed by atoms with Crippen LogP contribution in [0.15, 0.2) is 42.5 Å². The number of hydrogen-bond acceptors (Lipinski definition) is 4. The van der Waals surface area contributed by atoms with E-state index in [4.69, 9.17) is 14.2 Å². The van der Waals surface area contributed by atoms with Gasteiger partial charge in [-0.05, 0) is 24.3 Å². The first kappa shape index (κ1) is 19.4. The van der Waals surface area contributed by atoms with Crippen LogP contribution in [0.4, 0.5) is 13.2 Å². The van der Waals surface area contributed by atoms with Gasteiger partial charge in [-0.1, -0.05) is 18.2 Å². The first-order valence-electron chi connectivity index (χ1n) is 7.50. The van der Waals surface area contributed by atoms with Gasteiger partial charge in [0.2, 0.25) is 0 Å². The fourth-order valence-electron chi connectivity index (χ4n) is 2.38. The molecule has 0 heterocycles. The van der Waals surface area contributed by atoms with E-state index in [1.807, 2.05) is 0 Å². The molecular weight excluding hydrogens is 349 g/mol. The third-order valence-electron chi connectivity index (χ3n) is 3.65. The Morgan fingerprint density at radius 1 is 0.923 bits per heavy atom. The highest BCUT2D eigenvalue weighted by molar-refractivity contribution is 6.08. The Hall–Kier alpha value is -2.96. The van der Waals surface area contributed by atoms with Gasteiger partial charge >= 0.3 is 6.18 Å². The van der Waals surface area contributed by atoms with Crippen LogP contribution >= 0.6 is 0 Å². The number of benzene rings is 2. The lowest BCUT2D eigenvalue weighted by Crippen LogP contribution is -2.11. The molecule has 7 heteroatoms. The number of ether oxygens (including phenoxy) is 3. The van der Waals surface area contributed by atoms with Crippen molar-refractivity contribution in [1.29, 1.82) is 0 Å². The average molecular weight is 366 g/mol. The van der Waals surface area contributed by atoms with E-state index in [-0.39, 0.29) is 0 Å². The zero-order chi connectivity index (χ0) is 19.3. The number of allylic oxidation sites excluding steroid dienone is 1. The molecule has 0 unspecified atom stereocenters. The lowest BCUT2D eigenvalue weighted by Gasteiger charge is -2.12. The maximum Gasteiger partial charge on any atom is 0.417 e. The Morgan fingerprint density at radius 3 is 2.08 bits per heavy atom. The summed E-state index contributed by atoms with van der Waals surface area (Å²) in [6.45, 7) is 0. The molecule has 138 valence electrons. The van der Waals surface area contributed by atoms with E-state index >= 15 is 0 Å². The number of ketones is 1. The van der Waals surface area contributed by atoms with Crippen LogP contribution in [0.2, 0.25) is 0 Å². The SMILES string of the molecule is COc1cc(OC)c(OC)cc1/C=C/C(=O)c1ccccc1C(F)(F)F. The molecule has 26 heavy (non-hydrogen) atoms. The predicted octanol–water partition coefficient (Wildman–Crippen LogP) is 4.63. The number of alkyl halides is 3. The molecular formula is C19H17F3O4. The minimum Gasteiger partial charge on any atom is -0.496 e. The van der Waals surface area contributed by atoms with Crippen molar-refractivity contribution in [1.82, 2.24) is 0 Å². The van der Waals surface area contributed by atoms with Gasteiger partial charge in [0.1, 0.15) is 5.75 Å². The largest absolute Gasteiger partial charge is 0.496 e. The number of carbonyl (C=O) groups is 1. The van der Waals surface area contributed by atoms with E-state index in [1.54, 1.807) is 12.1 Å². The van der Waals surface area contributed by atoms with Gasteiger partial charge in [-0.15, -0.1) is 0 Å². The number of methoxy groups -OCH3 is 3. The monoisotopic (exact) mass is 366 g/mol. The third kappa shape index (κ3) is 4.17. The average Bonchev–Trinajstić information content (AvgIpc) is 2.64. The predicted molar refractivity (Wildman–Crippen MR) is 90.9 cm³/mol. The first-order chi connectivity index (χ1) is 12.3. The molecule has 2 aromatic carbocycles. The van der Waals surface area contributed by atoms with Crippen LogP contribution < -0.4 is 14.2 Å². The second-order valence-electron chi connectivity index (χ2n) is 5.19. The summed E-state index contributed by atoms with van der Waals surface area (Å²) in [5.74, 6) is 0.442. The summed E-state index contributed by atoms with van der Waals surface area (Å²) in [7, 11) is 4.34. The summed E-state index contributed by atoms with van der Waals surface area (Å²) in [6, 6.07) is 7.76. The third-order valence-corrected chi connectivity index (χ3v) is 3.65. The minimum absolute atomic E-state index is 0.385. The molecule has 0 radical (unpaired) electrons. The smallest absolute Gasteiger partial charge is 0.417 e. The van der Waals surface area contributed by atoms with E-state index in [2.05, 4.69) is 0 Å². The Morgan fingerprint density at radius 2 is 1.50 bits per heavy atom. The van der Waals surface area contributed by atoms with Crippen molar-refractivity contribution in [2.75, 3.05) is 21.3 Å². The van der Waals surface area contributed by atoms with Gasteiger partial charge in [-0.3, -0.25) is 4.79 Å². The van der Waals surface area contributed by atoms with E-state index < -0.39 is 23.1 Å². The van der Waals surface area contributed by atoms with Gasteiger partial charge in [-0.25, -0.2) is 0 Å². The van der Waals surface area contributed by atoms with Crippen molar-refractivity contribution >= 4 is 11.9 Å². The molecule has 0 spiro atoms. The molecule has 2 rings (SSSR count). The highest BCUT2D eigenvalue weighted by atomic mass is 19.4.